The van der Waals surface area contributed by atoms with Crippen molar-refractivity contribution in [3.8, 4) is 0 Å². The number of hydrogen-bond donors (Lipinski definition) is 0. The molecule has 1 heterocycles. The van der Waals surface area contributed by atoms with E-state index in [1.54, 1.807) is 22.6 Å². The van der Waals surface area contributed by atoms with Crippen molar-refractivity contribution in [1.29, 1.82) is 0 Å². The predicted octanol–water partition coefficient (Wildman–Crippen LogP) is 4.45. The van der Waals surface area contributed by atoms with E-state index < -0.39 is 28.7 Å². The van der Waals surface area contributed by atoms with Gasteiger partial charge in [0.1, 0.15) is 5.70 Å². The van der Waals surface area contributed by atoms with Gasteiger partial charge in [0, 0.05) is 9.77 Å². The number of allylic oxidation sites excluding steroid dienone is 2. The minimum Gasteiger partial charge on any atom is -0.465 e. The Kier molecular flexibility index (Phi) is 6.58. The molecule has 27 heavy (non-hydrogen) atoms. The van der Waals surface area contributed by atoms with Crippen LogP contribution in [0.4, 0.5) is 18.9 Å². The number of hydrogen-bond acceptors (Lipinski definition) is 5. The average Bonchev–Trinajstić information content (AvgIpc) is 2.82. The fourth-order valence-corrected chi connectivity index (χ4v) is 3.47. The minimum atomic E-state index is -4.70. The summed E-state index contributed by atoms with van der Waals surface area (Å²) in [6, 6.07) is 1.93. The number of anilines is 1. The lowest BCUT2D eigenvalue weighted by Crippen LogP contribution is -2.27. The van der Waals surface area contributed by atoms with Crippen molar-refractivity contribution in [2.24, 2.45) is 0 Å². The molecule has 0 spiro atoms. The Bertz CT molecular complexity index is 878. The maximum absolute atomic E-state index is 13.3. The summed E-state index contributed by atoms with van der Waals surface area (Å²) in [6.07, 6.45) is 0.843. The van der Waals surface area contributed by atoms with E-state index in [1.807, 2.05) is 0 Å². The van der Waals surface area contributed by atoms with Crippen LogP contribution in [0.25, 0.3) is 0 Å². The summed E-state index contributed by atoms with van der Waals surface area (Å²) < 4.78 is 49.5. The van der Waals surface area contributed by atoms with Crippen molar-refractivity contribution in [3.05, 3.63) is 62.0 Å². The van der Waals surface area contributed by atoms with Crippen molar-refractivity contribution < 1.29 is 32.2 Å². The molecule has 1 aliphatic heterocycles. The summed E-state index contributed by atoms with van der Waals surface area (Å²) >= 11 is 7.52. The van der Waals surface area contributed by atoms with Crippen LogP contribution in [0.2, 0.25) is 5.02 Å². The average molecular weight is 514 g/mol. The maximum Gasteiger partial charge on any atom is 0.417 e. The zero-order valence-corrected chi connectivity index (χ0v) is 16.8. The maximum atomic E-state index is 13.3. The van der Waals surface area contributed by atoms with Crippen LogP contribution in [0.5, 0.6) is 0 Å². The zero-order chi connectivity index (χ0) is 20.4. The molecular weight excluding hydrogens is 502 g/mol. The van der Waals surface area contributed by atoms with Gasteiger partial charge in [-0.2, -0.15) is 13.2 Å². The van der Waals surface area contributed by atoms with Crippen molar-refractivity contribution in [3.63, 3.8) is 0 Å². The third-order valence-corrected chi connectivity index (χ3v) is 4.67. The topological polar surface area (TPSA) is 55.8 Å². The molecule has 144 valence electrons. The quantitative estimate of drug-likeness (QED) is 0.442. The molecule has 0 bridgehead atoms. The van der Waals surface area contributed by atoms with Gasteiger partial charge in [-0.3, -0.25) is 0 Å². The monoisotopic (exact) mass is 513 g/mol. The fraction of sp³-hybridized carbons (Fsp3) is 0.176. The molecule has 0 saturated carbocycles. The molecule has 1 aromatic carbocycles. The van der Waals surface area contributed by atoms with Gasteiger partial charge >= 0.3 is 18.1 Å². The summed E-state index contributed by atoms with van der Waals surface area (Å²) in [5, 5.41) is -0.482. The third kappa shape index (κ3) is 4.46. The highest BCUT2D eigenvalue weighted by molar-refractivity contribution is 14.1. The lowest BCUT2D eigenvalue weighted by atomic mass is 10.1. The molecule has 0 unspecified atom stereocenters. The number of rotatable bonds is 3. The first-order valence-electron chi connectivity index (χ1n) is 7.23. The van der Waals surface area contributed by atoms with Gasteiger partial charge < -0.3 is 14.4 Å². The second kappa shape index (κ2) is 8.34. The molecule has 5 nitrogen and oxygen atoms in total. The van der Waals surface area contributed by atoms with Crippen molar-refractivity contribution in [2.45, 2.75) is 6.18 Å². The number of ether oxygens (including phenoxy) is 2. The molecule has 2 rings (SSSR count). The van der Waals surface area contributed by atoms with E-state index in [-0.39, 0.29) is 17.0 Å². The van der Waals surface area contributed by atoms with E-state index in [0.717, 1.165) is 31.3 Å². The Balaban J connectivity index is 2.78. The van der Waals surface area contributed by atoms with Crippen LogP contribution in [-0.2, 0) is 25.2 Å². The Morgan fingerprint density at radius 3 is 2.30 bits per heavy atom. The van der Waals surface area contributed by atoms with Gasteiger partial charge in [-0.1, -0.05) is 17.7 Å². The van der Waals surface area contributed by atoms with E-state index in [1.165, 1.54) is 24.4 Å². The Labute approximate surface area is 171 Å². The van der Waals surface area contributed by atoms with Crippen LogP contribution < -0.4 is 4.90 Å². The lowest BCUT2D eigenvalue weighted by Gasteiger charge is -2.25. The third-order valence-electron chi connectivity index (χ3n) is 3.49. The normalized spacial score (nSPS) is 14.3. The van der Waals surface area contributed by atoms with E-state index in [9.17, 15) is 22.8 Å². The number of benzene rings is 1. The van der Waals surface area contributed by atoms with E-state index in [0.29, 0.717) is 3.57 Å². The highest BCUT2D eigenvalue weighted by atomic mass is 127. The van der Waals surface area contributed by atoms with Crippen LogP contribution in [0.1, 0.15) is 5.56 Å². The molecule has 1 aromatic rings. The SMILES string of the molecule is COC(=O)C1=C(C(=O)OC)N(c2cc(C(F)(F)F)c(Cl)cc2I)C=CC=C1. The zero-order valence-electron chi connectivity index (χ0n) is 13.9. The molecule has 0 aliphatic carbocycles. The molecule has 0 N–H and O–H groups in total. The van der Waals surface area contributed by atoms with Crippen LogP contribution in [0.3, 0.4) is 0 Å². The van der Waals surface area contributed by atoms with Crippen molar-refractivity contribution in [2.75, 3.05) is 19.1 Å². The number of alkyl halides is 3. The molecule has 0 aromatic heterocycles. The lowest BCUT2D eigenvalue weighted by molar-refractivity contribution is -0.139. The Morgan fingerprint density at radius 1 is 1.11 bits per heavy atom. The van der Waals surface area contributed by atoms with E-state index >= 15 is 0 Å². The number of halogens is 5. The molecule has 10 heteroatoms. The largest absolute Gasteiger partial charge is 0.465 e. The summed E-state index contributed by atoms with van der Waals surface area (Å²) in [7, 11) is 2.21. The molecule has 0 amide bonds. The first kappa shape index (κ1) is 21.3. The van der Waals surface area contributed by atoms with E-state index in [4.69, 9.17) is 16.3 Å². The number of esters is 2. The predicted molar refractivity (Wildman–Crippen MR) is 101 cm³/mol. The molecule has 0 atom stereocenters. The Hall–Kier alpha value is -2.01. The highest BCUT2D eigenvalue weighted by Crippen LogP contribution is 2.40. The second-order valence-electron chi connectivity index (χ2n) is 5.10. The number of carbonyl (C=O) groups is 2. The first-order chi connectivity index (χ1) is 12.6. The molecule has 1 aliphatic rings. The standard InChI is InChI=1S/C17H12ClF3INO4/c1-26-15(24)9-5-3-4-6-23(14(9)16(25)27-2)13-7-10(17(19,20)21)11(18)8-12(13)22/h3-8H,1-2H3. The van der Waals surface area contributed by atoms with Gasteiger partial charge in [-0.05, 0) is 46.9 Å². The summed E-state index contributed by atoms with van der Waals surface area (Å²) in [5.74, 6) is -1.77. The van der Waals surface area contributed by atoms with E-state index in [2.05, 4.69) is 4.74 Å². The van der Waals surface area contributed by atoms with Crippen molar-refractivity contribution >= 4 is 51.8 Å². The smallest absolute Gasteiger partial charge is 0.417 e. The van der Waals surface area contributed by atoms with Gasteiger partial charge in [-0.15, -0.1) is 0 Å². The minimum absolute atomic E-state index is 0.00548. The van der Waals surface area contributed by atoms with Gasteiger partial charge in [0.25, 0.3) is 0 Å². The fourth-order valence-electron chi connectivity index (χ4n) is 2.29. The van der Waals surface area contributed by atoms with Crippen LogP contribution in [-0.4, -0.2) is 26.2 Å². The highest BCUT2D eigenvalue weighted by Gasteiger charge is 2.36. The van der Waals surface area contributed by atoms with Crippen molar-refractivity contribution in [1.82, 2.24) is 0 Å². The van der Waals surface area contributed by atoms with Crippen LogP contribution >= 0.6 is 34.2 Å². The Morgan fingerprint density at radius 2 is 1.74 bits per heavy atom. The second-order valence-corrected chi connectivity index (χ2v) is 6.67. The van der Waals surface area contributed by atoms with Gasteiger partial charge in [0.2, 0.25) is 0 Å². The number of nitrogens with zero attached hydrogens (tertiary/aromatic N) is 1. The van der Waals surface area contributed by atoms with Crippen LogP contribution in [0, 0.1) is 3.57 Å². The van der Waals surface area contributed by atoms with Gasteiger partial charge in [0.15, 0.2) is 0 Å². The molecule has 0 saturated heterocycles. The van der Waals surface area contributed by atoms with Crippen LogP contribution in [0.15, 0.2) is 47.8 Å². The first-order valence-corrected chi connectivity index (χ1v) is 8.68. The molecule has 0 fully saturated rings. The molecular formula is C17H12ClF3INO4. The summed E-state index contributed by atoms with van der Waals surface area (Å²) in [6.45, 7) is 0. The van der Waals surface area contributed by atoms with Gasteiger partial charge in [0.05, 0.1) is 36.1 Å². The number of carbonyl (C=O) groups excluding carboxylic acids is 2. The number of methoxy groups -OCH3 is 2. The summed E-state index contributed by atoms with van der Waals surface area (Å²) in [5.41, 5.74) is -1.54. The molecule has 0 radical (unpaired) electrons. The van der Waals surface area contributed by atoms with Gasteiger partial charge in [-0.25, -0.2) is 9.59 Å². The summed E-state index contributed by atoms with van der Waals surface area (Å²) in [4.78, 5) is 25.6.